The highest BCUT2D eigenvalue weighted by Gasteiger charge is 2.34. The number of carbonyl (C=O) groups excluding carboxylic acids is 1. The predicted molar refractivity (Wildman–Crippen MR) is 114 cm³/mol. The van der Waals surface area contributed by atoms with Gasteiger partial charge in [-0.3, -0.25) is 4.79 Å². The number of hydrogen-bond donors (Lipinski definition) is 1. The summed E-state index contributed by atoms with van der Waals surface area (Å²) in [6.07, 6.45) is 1.37. The van der Waals surface area contributed by atoms with Gasteiger partial charge < -0.3 is 10.6 Å². The fourth-order valence-corrected chi connectivity index (χ4v) is 3.87. The lowest BCUT2D eigenvalue weighted by molar-refractivity contribution is -0.130. The third kappa shape index (κ3) is 5.33. The second-order valence-corrected chi connectivity index (χ2v) is 7.71. The molecule has 2 aromatic rings. The number of likely N-dealkylation sites (tertiary alicyclic amines) is 1. The van der Waals surface area contributed by atoms with Gasteiger partial charge >= 0.3 is 0 Å². The summed E-state index contributed by atoms with van der Waals surface area (Å²) >= 11 is 0. The van der Waals surface area contributed by atoms with E-state index in [0.717, 1.165) is 19.5 Å². The lowest BCUT2D eigenvalue weighted by Crippen LogP contribution is -2.30. The zero-order valence-corrected chi connectivity index (χ0v) is 17.1. The van der Waals surface area contributed by atoms with Crippen molar-refractivity contribution in [1.82, 2.24) is 4.90 Å². The third-order valence-corrected chi connectivity index (χ3v) is 5.60. The molecule has 2 aromatic carbocycles. The van der Waals surface area contributed by atoms with Crippen molar-refractivity contribution in [2.24, 2.45) is 11.7 Å². The predicted octanol–water partition coefficient (Wildman–Crippen LogP) is 4.37. The largest absolute Gasteiger partial charge is 0.342 e. The number of amides is 1. The SMILES string of the molecule is CC(C)c1ccc(CCC(=O)N2C[C@@H](CN)[C@H](c3ccccc3)C2)cc1.Cl. The van der Waals surface area contributed by atoms with Gasteiger partial charge in [0.25, 0.3) is 0 Å². The van der Waals surface area contributed by atoms with Crippen molar-refractivity contribution in [3.05, 3.63) is 71.3 Å². The Hall–Kier alpha value is -1.84. The van der Waals surface area contributed by atoms with Crippen LogP contribution in [0.2, 0.25) is 0 Å². The van der Waals surface area contributed by atoms with E-state index in [1.807, 2.05) is 11.0 Å². The summed E-state index contributed by atoms with van der Waals surface area (Å²) in [5.74, 6) is 1.50. The number of hydrogen-bond acceptors (Lipinski definition) is 2. The summed E-state index contributed by atoms with van der Waals surface area (Å²) in [4.78, 5) is 14.7. The van der Waals surface area contributed by atoms with Crippen LogP contribution in [0.3, 0.4) is 0 Å². The molecule has 0 saturated carbocycles. The van der Waals surface area contributed by atoms with Crippen molar-refractivity contribution in [2.45, 2.75) is 38.5 Å². The molecule has 2 atom stereocenters. The number of nitrogens with two attached hydrogens (primary N) is 1. The molecular weight excluding hydrogens is 356 g/mol. The Bertz CT molecular complexity index is 715. The van der Waals surface area contributed by atoms with Crippen molar-refractivity contribution in [2.75, 3.05) is 19.6 Å². The molecule has 0 aromatic heterocycles. The highest BCUT2D eigenvalue weighted by molar-refractivity contribution is 5.85. The van der Waals surface area contributed by atoms with E-state index >= 15 is 0 Å². The maximum Gasteiger partial charge on any atom is 0.222 e. The topological polar surface area (TPSA) is 46.3 Å². The van der Waals surface area contributed by atoms with Gasteiger partial charge in [0.05, 0.1) is 0 Å². The maximum atomic E-state index is 12.7. The monoisotopic (exact) mass is 386 g/mol. The molecule has 3 rings (SSSR count). The van der Waals surface area contributed by atoms with Crippen LogP contribution in [-0.4, -0.2) is 30.4 Å². The van der Waals surface area contributed by atoms with Crippen LogP contribution in [-0.2, 0) is 11.2 Å². The average Bonchev–Trinajstić information content (AvgIpc) is 3.11. The van der Waals surface area contributed by atoms with Crippen molar-refractivity contribution >= 4 is 18.3 Å². The van der Waals surface area contributed by atoms with E-state index in [2.05, 4.69) is 62.4 Å². The van der Waals surface area contributed by atoms with E-state index in [-0.39, 0.29) is 18.3 Å². The number of nitrogens with zero attached hydrogens (tertiary/aromatic N) is 1. The molecule has 4 heteroatoms. The Balaban J connectivity index is 0.00000261. The van der Waals surface area contributed by atoms with Gasteiger partial charge in [-0.15, -0.1) is 12.4 Å². The molecule has 0 bridgehead atoms. The number of halogens is 1. The first-order chi connectivity index (χ1) is 12.6. The van der Waals surface area contributed by atoms with E-state index in [1.165, 1.54) is 16.7 Å². The lowest BCUT2D eigenvalue weighted by atomic mass is 9.89. The summed E-state index contributed by atoms with van der Waals surface area (Å²) < 4.78 is 0. The molecule has 1 aliphatic rings. The van der Waals surface area contributed by atoms with E-state index in [9.17, 15) is 4.79 Å². The fraction of sp³-hybridized carbons (Fsp3) is 0.435. The summed E-state index contributed by atoms with van der Waals surface area (Å²) in [6.45, 7) is 6.59. The summed E-state index contributed by atoms with van der Waals surface area (Å²) in [5.41, 5.74) is 9.86. The van der Waals surface area contributed by atoms with Gasteiger partial charge in [-0.25, -0.2) is 0 Å². The van der Waals surface area contributed by atoms with Crippen LogP contribution in [0.4, 0.5) is 0 Å². The highest BCUT2D eigenvalue weighted by Crippen LogP contribution is 2.32. The molecule has 1 fully saturated rings. The molecule has 0 aliphatic carbocycles. The summed E-state index contributed by atoms with van der Waals surface area (Å²) in [7, 11) is 0. The van der Waals surface area contributed by atoms with Crippen LogP contribution in [0.1, 0.15) is 48.8 Å². The van der Waals surface area contributed by atoms with Crippen LogP contribution in [0, 0.1) is 5.92 Å². The molecule has 27 heavy (non-hydrogen) atoms. The molecule has 1 amide bonds. The first-order valence-electron chi connectivity index (χ1n) is 9.70. The van der Waals surface area contributed by atoms with E-state index in [0.29, 0.717) is 30.7 Å². The number of rotatable bonds is 6. The molecule has 1 aliphatic heterocycles. The Morgan fingerprint density at radius 2 is 1.74 bits per heavy atom. The van der Waals surface area contributed by atoms with E-state index in [4.69, 9.17) is 5.73 Å². The molecule has 1 saturated heterocycles. The molecule has 0 spiro atoms. The van der Waals surface area contributed by atoms with Crippen molar-refractivity contribution < 1.29 is 4.79 Å². The second-order valence-electron chi connectivity index (χ2n) is 7.71. The molecule has 3 nitrogen and oxygen atoms in total. The minimum absolute atomic E-state index is 0. The van der Waals surface area contributed by atoms with Gasteiger partial charge in [-0.05, 0) is 41.5 Å². The minimum Gasteiger partial charge on any atom is -0.342 e. The first-order valence-corrected chi connectivity index (χ1v) is 9.70. The quantitative estimate of drug-likeness (QED) is 0.801. The van der Waals surface area contributed by atoms with Gasteiger partial charge in [0.1, 0.15) is 0 Å². The summed E-state index contributed by atoms with van der Waals surface area (Å²) in [6, 6.07) is 19.1. The van der Waals surface area contributed by atoms with Crippen LogP contribution < -0.4 is 5.73 Å². The minimum atomic E-state index is 0. The molecule has 1 heterocycles. The molecule has 0 unspecified atom stereocenters. The Labute approximate surface area is 169 Å². The number of benzene rings is 2. The fourth-order valence-electron chi connectivity index (χ4n) is 3.87. The van der Waals surface area contributed by atoms with Crippen LogP contribution in [0.5, 0.6) is 0 Å². The standard InChI is InChI=1S/C23H30N2O.ClH/c1-17(2)19-11-8-18(9-12-19)10-13-23(26)25-15-21(14-24)22(16-25)20-6-4-3-5-7-20;/h3-9,11-12,17,21-22H,10,13-16,24H2,1-2H3;1H/t21-,22+;/m1./s1. The van der Waals surface area contributed by atoms with E-state index in [1.54, 1.807) is 0 Å². The second kappa shape index (κ2) is 9.91. The van der Waals surface area contributed by atoms with Crippen LogP contribution >= 0.6 is 12.4 Å². The van der Waals surface area contributed by atoms with Crippen molar-refractivity contribution in [1.29, 1.82) is 0 Å². The maximum absolute atomic E-state index is 12.7. The van der Waals surface area contributed by atoms with Crippen molar-refractivity contribution in [3.63, 3.8) is 0 Å². The average molecular weight is 387 g/mol. The first kappa shape index (κ1) is 21.5. The van der Waals surface area contributed by atoms with Gasteiger partial charge in [-0.2, -0.15) is 0 Å². The van der Waals surface area contributed by atoms with Crippen molar-refractivity contribution in [3.8, 4) is 0 Å². The normalized spacial score (nSPS) is 19.2. The number of aryl methyl sites for hydroxylation is 1. The van der Waals surface area contributed by atoms with Gasteiger partial charge in [-0.1, -0.05) is 68.4 Å². The molecule has 146 valence electrons. The zero-order chi connectivity index (χ0) is 18.5. The van der Waals surface area contributed by atoms with Crippen LogP contribution in [0.15, 0.2) is 54.6 Å². The zero-order valence-electron chi connectivity index (χ0n) is 16.3. The highest BCUT2D eigenvalue weighted by atomic mass is 35.5. The number of carbonyl (C=O) groups is 1. The Kier molecular flexibility index (Phi) is 7.88. The molecule has 0 radical (unpaired) electrons. The van der Waals surface area contributed by atoms with E-state index < -0.39 is 0 Å². The molecule has 2 N–H and O–H groups in total. The van der Waals surface area contributed by atoms with Gasteiger partial charge in [0.2, 0.25) is 5.91 Å². The summed E-state index contributed by atoms with van der Waals surface area (Å²) in [5, 5.41) is 0. The third-order valence-electron chi connectivity index (χ3n) is 5.60. The van der Waals surface area contributed by atoms with Crippen LogP contribution in [0.25, 0.3) is 0 Å². The lowest BCUT2D eigenvalue weighted by Gasteiger charge is -2.17. The van der Waals surface area contributed by atoms with Gasteiger partial charge in [0.15, 0.2) is 0 Å². The Morgan fingerprint density at radius 1 is 1.07 bits per heavy atom. The van der Waals surface area contributed by atoms with Gasteiger partial charge in [0, 0.05) is 25.4 Å². The smallest absolute Gasteiger partial charge is 0.222 e. The molecular formula is C23H31ClN2O. The Morgan fingerprint density at radius 3 is 2.33 bits per heavy atom.